The topological polar surface area (TPSA) is 78.4 Å². The maximum atomic E-state index is 10.8. The quantitative estimate of drug-likeness (QED) is 0.631. The van der Waals surface area contributed by atoms with Crippen LogP contribution >= 0.6 is 0 Å². The first kappa shape index (κ1) is 8.73. The highest BCUT2D eigenvalue weighted by Gasteiger charge is 2.15. The average Bonchev–Trinajstić information content (AvgIpc) is 2.55. The zero-order chi connectivity index (χ0) is 8.97. The molecule has 5 heteroatoms. The molecule has 1 heterocycles. The zero-order valence-electron chi connectivity index (χ0n) is 6.69. The Labute approximate surface area is 69.5 Å². The second kappa shape index (κ2) is 3.87. The highest BCUT2D eigenvalue weighted by atomic mass is 16.5. The number of carbonyl (C=O) groups excluding carboxylic acids is 1. The molecule has 0 aliphatic carbocycles. The van der Waals surface area contributed by atoms with Gasteiger partial charge in [0.1, 0.15) is 11.8 Å². The first-order valence-corrected chi connectivity index (χ1v) is 3.47. The van der Waals surface area contributed by atoms with Gasteiger partial charge in [0.15, 0.2) is 0 Å². The third kappa shape index (κ3) is 2.06. The molecule has 1 rings (SSSR count). The van der Waals surface area contributed by atoms with Crippen LogP contribution in [0.4, 0.5) is 0 Å². The lowest BCUT2D eigenvalue weighted by atomic mass is 10.2. The van der Waals surface area contributed by atoms with E-state index in [-0.39, 0.29) is 0 Å². The van der Waals surface area contributed by atoms with Gasteiger partial charge in [-0.25, -0.2) is 0 Å². The minimum atomic E-state index is -0.678. The minimum Gasteiger partial charge on any atom is -0.468 e. The summed E-state index contributed by atoms with van der Waals surface area (Å²) >= 11 is 0. The summed E-state index contributed by atoms with van der Waals surface area (Å²) < 4.78 is 9.20. The normalized spacial score (nSPS) is 12.5. The van der Waals surface area contributed by atoms with E-state index in [9.17, 15) is 4.79 Å². The Bertz CT molecular complexity index is 245. The Kier molecular flexibility index (Phi) is 2.82. The fourth-order valence-corrected chi connectivity index (χ4v) is 0.799. The summed E-state index contributed by atoms with van der Waals surface area (Å²) in [4.78, 5) is 10.8. The first-order valence-electron chi connectivity index (χ1n) is 3.47. The molecule has 0 spiro atoms. The van der Waals surface area contributed by atoms with Gasteiger partial charge in [-0.15, -0.1) is 0 Å². The second-order valence-corrected chi connectivity index (χ2v) is 2.31. The molecule has 0 fully saturated rings. The van der Waals surface area contributed by atoms with Gasteiger partial charge in [-0.2, -0.15) is 0 Å². The van der Waals surface area contributed by atoms with Crippen molar-refractivity contribution in [2.24, 2.45) is 5.73 Å². The Balaban J connectivity index is 2.47. The Hall–Kier alpha value is -1.36. The molecule has 0 aromatic carbocycles. The lowest BCUT2D eigenvalue weighted by Crippen LogP contribution is -2.33. The van der Waals surface area contributed by atoms with E-state index in [2.05, 4.69) is 9.89 Å². The fourth-order valence-electron chi connectivity index (χ4n) is 0.799. The van der Waals surface area contributed by atoms with Crippen LogP contribution in [0, 0.1) is 0 Å². The molecular formula is C7H10N2O3. The third-order valence-electron chi connectivity index (χ3n) is 1.42. The van der Waals surface area contributed by atoms with Crippen molar-refractivity contribution in [2.45, 2.75) is 12.5 Å². The van der Waals surface area contributed by atoms with Gasteiger partial charge in [0.2, 0.25) is 0 Å². The summed E-state index contributed by atoms with van der Waals surface area (Å²) in [5, 5.41) is 3.48. The van der Waals surface area contributed by atoms with Crippen LogP contribution in [-0.2, 0) is 16.0 Å². The average molecular weight is 170 g/mol. The van der Waals surface area contributed by atoms with Crippen LogP contribution in [-0.4, -0.2) is 24.3 Å². The molecule has 1 aromatic rings. The molecule has 1 atom stereocenters. The van der Waals surface area contributed by atoms with Crippen molar-refractivity contribution in [3.05, 3.63) is 18.0 Å². The van der Waals surface area contributed by atoms with Crippen LogP contribution in [0.15, 0.2) is 16.8 Å². The zero-order valence-corrected chi connectivity index (χ0v) is 6.69. The second-order valence-electron chi connectivity index (χ2n) is 2.31. The van der Waals surface area contributed by atoms with Crippen LogP contribution in [0.25, 0.3) is 0 Å². The molecule has 0 radical (unpaired) electrons. The Morgan fingerprint density at radius 2 is 2.67 bits per heavy atom. The van der Waals surface area contributed by atoms with E-state index in [1.807, 2.05) is 0 Å². The van der Waals surface area contributed by atoms with Crippen molar-refractivity contribution in [2.75, 3.05) is 7.11 Å². The Morgan fingerprint density at radius 3 is 3.17 bits per heavy atom. The molecule has 1 unspecified atom stereocenters. The van der Waals surface area contributed by atoms with Gasteiger partial charge in [-0.3, -0.25) is 4.79 Å². The summed E-state index contributed by atoms with van der Waals surface area (Å²) in [5.74, 6) is 0.124. The minimum absolute atomic E-state index is 0.312. The molecular weight excluding hydrogens is 160 g/mol. The highest BCUT2D eigenvalue weighted by Crippen LogP contribution is 2.00. The molecule has 0 amide bonds. The van der Waals surface area contributed by atoms with Crippen molar-refractivity contribution < 1.29 is 14.1 Å². The molecule has 0 saturated carbocycles. The molecule has 5 nitrogen and oxygen atoms in total. The van der Waals surface area contributed by atoms with Crippen molar-refractivity contribution in [1.29, 1.82) is 0 Å². The predicted molar refractivity (Wildman–Crippen MR) is 40.2 cm³/mol. The lowest BCUT2D eigenvalue weighted by Gasteiger charge is -2.05. The van der Waals surface area contributed by atoms with Gasteiger partial charge >= 0.3 is 5.97 Å². The maximum Gasteiger partial charge on any atom is 0.323 e. The number of rotatable bonds is 3. The molecule has 66 valence electrons. The van der Waals surface area contributed by atoms with Crippen LogP contribution in [0.5, 0.6) is 0 Å². The van der Waals surface area contributed by atoms with Crippen LogP contribution in [0.3, 0.4) is 0 Å². The number of esters is 1. The summed E-state index contributed by atoms with van der Waals surface area (Å²) in [7, 11) is 1.29. The van der Waals surface area contributed by atoms with E-state index in [4.69, 9.17) is 10.3 Å². The predicted octanol–water partition coefficient (Wildman–Crippen LogP) is -0.283. The smallest absolute Gasteiger partial charge is 0.323 e. The number of methoxy groups -OCH3 is 1. The molecule has 0 aliphatic heterocycles. The van der Waals surface area contributed by atoms with E-state index >= 15 is 0 Å². The maximum absolute atomic E-state index is 10.8. The van der Waals surface area contributed by atoms with Gasteiger partial charge in [-0.1, -0.05) is 5.16 Å². The largest absolute Gasteiger partial charge is 0.468 e. The van der Waals surface area contributed by atoms with Gasteiger partial charge in [0.05, 0.1) is 13.3 Å². The van der Waals surface area contributed by atoms with Gasteiger partial charge in [0, 0.05) is 12.5 Å². The Morgan fingerprint density at radius 1 is 1.92 bits per heavy atom. The molecule has 0 aliphatic rings. The van der Waals surface area contributed by atoms with Crippen molar-refractivity contribution >= 4 is 5.97 Å². The SMILES string of the molecule is COC(=O)C(N)Cc1ccno1. The lowest BCUT2D eigenvalue weighted by molar-refractivity contribution is -0.142. The molecule has 0 saturated heterocycles. The highest BCUT2D eigenvalue weighted by molar-refractivity contribution is 5.75. The van der Waals surface area contributed by atoms with E-state index < -0.39 is 12.0 Å². The number of hydrogen-bond donors (Lipinski definition) is 1. The number of nitrogens with two attached hydrogens (primary N) is 1. The molecule has 1 aromatic heterocycles. The molecule has 12 heavy (non-hydrogen) atoms. The van der Waals surface area contributed by atoms with Crippen LogP contribution in [0.1, 0.15) is 5.76 Å². The van der Waals surface area contributed by atoms with E-state index in [0.29, 0.717) is 12.2 Å². The first-order chi connectivity index (χ1) is 5.74. The van der Waals surface area contributed by atoms with Crippen molar-refractivity contribution in [1.82, 2.24) is 5.16 Å². The van der Waals surface area contributed by atoms with Crippen LogP contribution < -0.4 is 5.73 Å². The molecule has 0 bridgehead atoms. The number of aromatic nitrogens is 1. The standard InChI is InChI=1S/C7H10N2O3/c1-11-7(10)6(8)4-5-2-3-9-12-5/h2-3,6H,4,8H2,1H3. The third-order valence-corrected chi connectivity index (χ3v) is 1.42. The van der Waals surface area contributed by atoms with Crippen molar-refractivity contribution in [3.8, 4) is 0 Å². The van der Waals surface area contributed by atoms with E-state index in [1.165, 1.54) is 13.3 Å². The summed E-state index contributed by atoms with van der Waals surface area (Å²) in [5.41, 5.74) is 5.46. The van der Waals surface area contributed by atoms with Gasteiger partial charge in [-0.05, 0) is 0 Å². The summed E-state index contributed by atoms with van der Waals surface area (Å²) in [6.45, 7) is 0. The van der Waals surface area contributed by atoms with Gasteiger partial charge in [0.25, 0.3) is 0 Å². The number of nitrogens with zero attached hydrogens (tertiary/aromatic N) is 1. The number of ether oxygens (including phenoxy) is 1. The fraction of sp³-hybridized carbons (Fsp3) is 0.429. The number of carbonyl (C=O) groups is 1. The summed E-state index contributed by atoms with van der Waals surface area (Å²) in [6, 6.07) is 0.978. The summed E-state index contributed by atoms with van der Waals surface area (Å²) in [6.07, 6.45) is 1.81. The van der Waals surface area contributed by atoms with Crippen molar-refractivity contribution in [3.63, 3.8) is 0 Å². The van der Waals surface area contributed by atoms with E-state index in [1.54, 1.807) is 6.07 Å². The van der Waals surface area contributed by atoms with Crippen LogP contribution in [0.2, 0.25) is 0 Å². The molecule has 2 N–H and O–H groups in total. The number of hydrogen-bond acceptors (Lipinski definition) is 5. The van der Waals surface area contributed by atoms with Gasteiger partial charge < -0.3 is 15.0 Å². The van der Waals surface area contributed by atoms with E-state index in [0.717, 1.165) is 0 Å². The monoisotopic (exact) mass is 170 g/mol.